The largest absolute Gasteiger partial charge is 0.334 e. The first-order valence-electron chi connectivity index (χ1n) is 5.35. The minimum absolute atomic E-state index is 0.810. The molecule has 0 spiro atoms. The molecule has 4 nitrogen and oxygen atoms in total. The van der Waals surface area contributed by atoms with E-state index in [1.54, 1.807) is 0 Å². The summed E-state index contributed by atoms with van der Waals surface area (Å²) in [6, 6.07) is 0. The van der Waals surface area contributed by atoms with Gasteiger partial charge in [0.05, 0.1) is 6.54 Å². The fourth-order valence-electron chi connectivity index (χ4n) is 1.73. The molecule has 0 radical (unpaired) electrons. The third kappa shape index (κ3) is 1.93. The molecule has 0 bridgehead atoms. The van der Waals surface area contributed by atoms with Crippen LogP contribution in [0.2, 0.25) is 0 Å². The highest BCUT2D eigenvalue weighted by Crippen LogP contribution is 2.04. The van der Waals surface area contributed by atoms with E-state index in [0.29, 0.717) is 0 Å². The first-order chi connectivity index (χ1) is 7.35. The maximum absolute atomic E-state index is 4.35. The van der Waals surface area contributed by atoms with Crippen molar-refractivity contribution >= 4 is 0 Å². The van der Waals surface area contributed by atoms with Crippen LogP contribution in [0.25, 0.3) is 0 Å². The lowest BCUT2D eigenvalue weighted by molar-refractivity contribution is 0.633. The highest BCUT2D eigenvalue weighted by atomic mass is 15.1. The average Bonchev–Trinajstić information content (AvgIpc) is 2.87. The number of imidazole rings is 2. The number of aryl methyl sites for hydroxylation is 2. The van der Waals surface area contributed by atoms with E-state index >= 15 is 0 Å². The summed E-state index contributed by atoms with van der Waals surface area (Å²) in [6.07, 6.45) is 8.67. The lowest BCUT2D eigenvalue weighted by Gasteiger charge is -2.07. The molecule has 0 aromatic carbocycles. The van der Waals surface area contributed by atoms with Crippen LogP contribution in [0.5, 0.6) is 0 Å². The molecule has 0 aliphatic carbocycles. The summed E-state index contributed by atoms with van der Waals surface area (Å²) in [5.74, 6) is 2.20. The molecule has 4 heteroatoms. The maximum atomic E-state index is 4.35. The molecule has 0 saturated carbocycles. The van der Waals surface area contributed by atoms with E-state index in [4.69, 9.17) is 0 Å². The Labute approximate surface area is 89.6 Å². The molecular formula is C11H16N4. The van der Waals surface area contributed by atoms with Gasteiger partial charge in [-0.15, -0.1) is 0 Å². The quantitative estimate of drug-likeness (QED) is 0.760. The summed E-state index contributed by atoms with van der Waals surface area (Å²) in [7, 11) is 0. The van der Waals surface area contributed by atoms with E-state index in [2.05, 4.69) is 32.9 Å². The van der Waals surface area contributed by atoms with Crippen LogP contribution >= 0.6 is 0 Å². The smallest absolute Gasteiger partial charge is 0.128 e. The zero-order chi connectivity index (χ0) is 10.7. The Morgan fingerprint density at radius 2 is 1.67 bits per heavy atom. The molecule has 0 atom stereocenters. The van der Waals surface area contributed by atoms with Crippen LogP contribution < -0.4 is 0 Å². The Hall–Kier alpha value is -1.58. The standard InChI is InChI=1S/C11H16N4/c1-3-10-12-6-8-15(10)9-11-13-5-7-14(11)4-2/h5-8H,3-4,9H2,1-2H3. The zero-order valence-corrected chi connectivity index (χ0v) is 9.22. The van der Waals surface area contributed by atoms with Gasteiger partial charge in [-0.2, -0.15) is 0 Å². The number of nitrogens with zero attached hydrogens (tertiary/aromatic N) is 4. The monoisotopic (exact) mass is 204 g/mol. The summed E-state index contributed by atoms with van der Waals surface area (Å²) in [6.45, 7) is 6.01. The fourth-order valence-corrected chi connectivity index (χ4v) is 1.73. The molecular weight excluding hydrogens is 188 g/mol. The van der Waals surface area contributed by atoms with E-state index in [1.165, 1.54) is 0 Å². The fraction of sp³-hybridized carbons (Fsp3) is 0.455. The Kier molecular flexibility index (Phi) is 2.85. The van der Waals surface area contributed by atoms with Crippen molar-refractivity contribution in [3.05, 3.63) is 36.4 Å². The summed E-state index contributed by atoms with van der Waals surface area (Å²) in [5, 5.41) is 0. The third-order valence-corrected chi connectivity index (χ3v) is 2.57. The Balaban J connectivity index is 2.21. The van der Waals surface area contributed by atoms with Gasteiger partial charge >= 0.3 is 0 Å². The molecule has 15 heavy (non-hydrogen) atoms. The molecule has 0 saturated heterocycles. The minimum Gasteiger partial charge on any atom is -0.334 e. The van der Waals surface area contributed by atoms with Gasteiger partial charge < -0.3 is 9.13 Å². The van der Waals surface area contributed by atoms with E-state index in [9.17, 15) is 0 Å². The number of rotatable bonds is 4. The summed E-state index contributed by atoms with van der Waals surface area (Å²) >= 11 is 0. The molecule has 0 aliphatic rings. The molecule has 0 aliphatic heterocycles. The van der Waals surface area contributed by atoms with Gasteiger partial charge in [-0.3, -0.25) is 0 Å². The van der Waals surface area contributed by atoms with Crippen LogP contribution in [-0.4, -0.2) is 19.1 Å². The van der Waals surface area contributed by atoms with Gasteiger partial charge in [0.2, 0.25) is 0 Å². The van der Waals surface area contributed by atoms with Crippen molar-refractivity contribution < 1.29 is 0 Å². The molecule has 2 heterocycles. The lowest BCUT2D eigenvalue weighted by Crippen LogP contribution is -2.09. The predicted molar refractivity (Wildman–Crippen MR) is 58.6 cm³/mol. The van der Waals surface area contributed by atoms with Gasteiger partial charge in [0.1, 0.15) is 11.6 Å². The highest BCUT2D eigenvalue weighted by Gasteiger charge is 2.05. The maximum Gasteiger partial charge on any atom is 0.128 e. The van der Waals surface area contributed by atoms with Crippen molar-refractivity contribution in [3.63, 3.8) is 0 Å². The van der Waals surface area contributed by atoms with Crippen LogP contribution in [-0.2, 0) is 19.5 Å². The molecule has 2 rings (SSSR count). The molecule has 0 fully saturated rings. The topological polar surface area (TPSA) is 35.6 Å². The number of aromatic nitrogens is 4. The molecule has 80 valence electrons. The summed E-state index contributed by atoms with van der Waals surface area (Å²) in [4.78, 5) is 8.65. The van der Waals surface area contributed by atoms with Gasteiger partial charge in [0, 0.05) is 37.8 Å². The highest BCUT2D eigenvalue weighted by molar-refractivity contribution is 4.99. The van der Waals surface area contributed by atoms with Crippen molar-refractivity contribution in [3.8, 4) is 0 Å². The zero-order valence-electron chi connectivity index (χ0n) is 9.22. The van der Waals surface area contributed by atoms with Gasteiger partial charge in [-0.25, -0.2) is 9.97 Å². The van der Waals surface area contributed by atoms with E-state index in [0.717, 1.165) is 31.2 Å². The van der Waals surface area contributed by atoms with Crippen LogP contribution in [0.15, 0.2) is 24.8 Å². The second-order valence-corrected chi connectivity index (χ2v) is 3.45. The Morgan fingerprint density at radius 1 is 1.00 bits per heavy atom. The van der Waals surface area contributed by atoms with Crippen molar-refractivity contribution in [1.82, 2.24) is 19.1 Å². The summed E-state index contributed by atoms with van der Waals surface area (Å²) < 4.78 is 4.30. The average molecular weight is 204 g/mol. The van der Waals surface area contributed by atoms with E-state index < -0.39 is 0 Å². The predicted octanol–water partition coefficient (Wildman–Crippen LogP) is 1.71. The normalized spacial score (nSPS) is 10.8. The minimum atomic E-state index is 0.810. The molecule has 0 N–H and O–H groups in total. The Bertz CT molecular complexity index is 387. The van der Waals surface area contributed by atoms with Crippen molar-refractivity contribution in [2.45, 2.75) is 33.4 Å². The second-order valence-electron chi connectivity index (χ2n) is 3.45. The van der Waals surface area contributed by atoms with Crippen LogP contribution in [0.4, 0.5) is 0 Å². The van der Waals surface area contributed by atoms with Gasteiger partial charge in [0.25, 0.3) is 0 Å². The van der Waals surface area contributed by atoms with E-state index in [-0.39, 0.29) is 0 Å². The first kappa shape index (κ1) is 9.96. The number of hydrogen-bond donors (Lipinski definition) is 0. The summed E-state index contributed by atoms with van der Waals surface area (Å²) in [5.41, 5.74) is 0. The van der Waals surface area contributed by atoms with Crippen LogP contribution in [0.3, 0.4) is 0 Å². The molecule has 2 aromatic rings. The van der Waals surface area contributed by atoms with Crippen LogP contribution in [0.1, 0.15) is 25.5 Å². The van der Waals surface area contributed by atoms with Gasteiger partial charge in [-0.05, 0) is 6.92 Å². The SMILES string of the molecule is CCc1nccn1Cc1nccn1CC. The lowest BCUT2D eigenvalue weighted by atomic mass is 10.4. The molecule has 0 amide bonds. The van der Waals surface area contributed by atoms with Crippen molar-refractivity contribution in [2.75, 3.05) is 0 Å². The van der Waals surface area contributed by atoms with Gasteiger partial charge in [0.15, 0.2) is 0 Å². The van der Waals surface area contributed by atoms with Crippen molar-refractivity contribution in [1.29, 1.82) is 0 Å². The van der Waals surface area contributed by atoms with Crippen LogP contribution in [0, 0.1) is 0 Å². The molecule has 2 aromatic heterocycles. The Morgan fingerprint density at radius 3 is 2.33 bits per heavy atom. The number of hydrogen-bond acceptors (Lipinski definition) is 2. The van der Waals surface area contributed by atoms with Crippen molar-refractivity contribution in [2.24, 2.45) is 0 Å². The first-order valence-corrected chi connectivity index (χ1v) is 5.35. The molecule has 0 unspecified atom stereocenters. The second kappa shape index (κ2) is 4.29. The third-order valence-electron chi connectivity index (χ3n) is 2.57. The van der Waals surface area contributed by atoms with Gasteiger partial charge in [-0.1, -0.05) is 6.92 Å². The van der Waals surface area contributed by atoms with E-state index in [1.807, 2.05) is 24.8 Å².